The average molecular weight is 283 g/mol. The molecule has 1 aliphatic heterocycles. The number of aryl methyl sites for hydroxylation is 1. The lowest BCUT2D eigenvalue weighted by Gasteiger charge is -2.21. The van der Waals surface area contributed by atoms with Crippen molar-refractivity contribution in [3.8, 4) is 0 Å². The molecule has 104 valence electrons. The zero-order chi connectivity index (χ0) is 14.0. The lowest BCUT2D eigenvalue weighted by atomic mass is 10.2. The maximum atomic E-state index is 12.1. The molecule has 0 saturated carbocycles. The number of hydrogen-bond donors (Lipinski definition) is 1. The third-order valence-electron chi connectivity index (χ3n) is 3.10. The molecular formula is C12H17N3O3S. The second-order valence-corrected chi connectivity index (χ2v) is 6.67. The van der Waals surface area contributed by atoms with Crippen LogP contribution in [0.1, 0.15) is 18.4 Å². The van der Waals surface area contributed by atoms with Gasteiger partial charge in [-0.2, -0.15) is 4.31 Å². The Labute approximate surface area is 112 Å². The number of amides is 1. The van der Waals surface area contributed by atoms with Crippen molar-refractivity contribution in [1.82, 2.24) is 9.29 Å². The molecule has 1 aliphatic rings. The Morgan fingerprint density at radius 2 is 2.26 bits per heavy atom. The van der Waals surface area contributed by atoms with Crippen molar-refractivity contribution in [3.05, 3.63) is 23.9 Å². The summed E-state index contributed by atoms with van der Waals surface area (Å²) in [6.45, 7) is 2.30. The Hall–Kier alpha value is -1.47. The van der Waals surface area contributed by atoms with Crippen LogP contribution in [-0.4, -0.2) is 42.5 Å². The Morgan fingerprint density at radius 3 is 2.89 bits per heavy atom. The van der Waals surface area contributed by atoms with E-state index < -0.39 is 16.1 Å². The third kappa shape index (κ3) is 3.30. The maximum absolute atomic E-state index is 12.1. The number of carbonyl (C=O) groups excluding carboxylic acids is 1. The van der Waals surface area contributed by atoms with E-state index in [1.807, 2.05) is 13.0 Å². The molecule has 6 nitrogen and oxygen atoms in total. The van der Waals surface area contributed by atoms with E-state index in [2.05, 4.69) is 10.3 Å². The fourth-order valence-electron chi connectivity index (χ4n) is 2.21. The first-order valence-electron chi connectivity index (χ1n) is 6.08. The van der Waals surface area contributed by atoms with Crippen molar-refractivity contribution in [1.29, 1.82) is 0 Å². The molecule has 2 rings (SSSR count). The Balaban J connectivity index is 2.12. The molecular weight excluding hydrogens is 266 g/mol. The minimum atomic E-state index is -3.35. The molecule has 1 saturated heterocycles. The van der Waals surface area contributed by atoms with Gasteiger partial charge in [0.15, 0.2) is 0 Å². The van der Waals surface area contributed by atoms with Crippen LogP contribution in [0.25, 0.3) is 0 Å². The Bertz CT molecular complexity index is 586. The van der Waals surface area contributed by atoms with Crippen LogP contribution in [0.2, 0.25) is 0 Å². The fourth-order valence-corrected chi connectivity index (χ4v) is 3.34. The molecule has 19 heavy (non-hydrogen) atoms. The number of rotatable bonds is 3. The minimum absolute atomic E-state index is 0.318. The molecule has 7 heteroatoms. The van der Waals surface area contributed by atoms with Gasteiger partial charge in [0, 0.05) is 12.7 Å². The average Bonchev–Trinajstić information content (AvgIpc) is 2.77. The van der Waals surface area contributed by atoms with Crippen LogP contribution in [0.4, 0.5) is 5.82 Å². The minimum Gasteiger partial charge on any atom is -0.309 e. The first kappa shape index (κ1) is 14.0. The van der Waals surface area contributed by atoms with E-state index >= 15 is 0 Å². The molecule has 1 N–H and O–H groups in total. The van der Waals surface area contributed by atoms with Crippen molar-refractivity contribution in [2.24, 2.45) is 0 Å². The van der Waals surface area contributed by atoms with Gasteiger partial charge in [-0.15, -0.1) is 0 Å². The number of pyridine rings is 1. The number of carbonyl (C=O) groups is 1. The topological polar surface area (TPSA) is 79.4 Å². The molecule has 1 amide bonds. The standard InChI is InChI=1S/C12H17N3O3S/c1-9-5-6-13-11(8-9)14-12(16)10-4-3-7-15(10)19(2,17)18/h5-6,8,10H,3-4,7H2,1-2H3,(H,13,14,16)/t10-/m1/s1. The number of nitrogens with zero attached hydrogens (tertiary/aromatic N) is 2. The molecule has 1 aromatic heterocycles. The van der Waals surface area contributed by atoms with Crippen LogP contribution in [0.15, 0.2) is 18.3 Å². The van der Waals surface area contributed by atoms with Crippen molar-refractivity contribution >= 4 is 21.7 Å². The van der Waals surface area contributed by atoms with Crippen molar-refractivity contribution < 1.29 is 13.2 Å². The molecule has 1 atom stereocenters. The van der Waals surface area contributed by atoms with Gasteiger partial charge in [0.1, 0.15) is 11.9 Å². The van der Waals surface area contributed by atoms with Crippen molar-refractivity contribution in [2.45, 2.75) is 25.8 Å². The number of anilines is 1. The fraction of sp³-hybridized carbons (Fsp3) is 0.500. The lowest BCUT2D eigenvalue weighted by Crippen LogP contribution is -2.42. The predicted molar refractivity (Wildman–Crippen MR) is 72.2 cm³/mol. The molecule has 0 spiro atoms. The number of nitrogens with one attached hydrogen (secondary N) is 1. The van der Waals surface area contributed by atoms with Gasteiger partial charge in [-0.25, -0.2) is 13.4 Å². The summed E-state index contributed by atoms with van der Waals surface area (Å²) in [5, 5.41) is 2.67. The second-order valence-electron chi connectivity index (χ2n) is 4.74. The van der Waals surface area contributed by atoms with E-state index in [1.165, 1.54) is 4.31 Å². The normalized spacial score (nSPS) is 20.4. The largest absolute Gasteiger partial charge is 0.309 e. The summed E-state index contributed by atoms with van der Waals surface area (Å²) >= 11 is 0. The molecule has 0 aromatic carbocycles. The van der Waals surface area contributed by atoms with E-state index in [-0.39, 0.29) is 5.91 Å². The Kier molecular flexibility index (Phi) is 3.86. The van der Waals surface area contributed by atoms with Gasteiger partial charge in [-0.3, -0.25) is 4.79 Å². The summed E-state index contributed by atoms with van der Waals surface area (Å²) in [4.78, 5) is 16.2. The third-order valence-corrected chi connectivity index (χ3v) is 4.39. The Morgan fingerprint density at radius 1 is 1.53 bits per heavy atom. The highest BCUT2D eigenvalue weighted by atomic mass is 32.2. The van der Waals surface area contributed by atoms with Crippen LogP contribution < -0.4 is 5.32 Å². The quantitative estimate of drug-likeness (QED) is 0.888. The van der Waals surface area contributed by atoms with Gasteiger partial charge < -0.3 is 5.32 Å². The second kappa shape index (κ2) is 5.26. The zero-order valence-electron chi connectivity index (χ0n) is 11.0. The van der Waals surface area contributed by atoms with E-state index in [0.29, 0.717) is 25.2 Å². The predicted octanol–water partition coefficient (Wildman–Crippen LogP) is 0.753. The number of hydrogen-bond acceptors (Lipinski definition) is 4. The van der Waals surface area contributed by atoms with Gasteiger partial charge in [0.05, 0.1) is 6.26 Å². The van der Waals surface area contributed by atoms with Crippen molar-refractivity contribution in [2.75, 3.05) is 18.1 Å². The molecule has 1 fully saturated rings. The maximum Gasteiger partial charge on any atom is 0.243 e. The monoisotopic (exact) mass is 283 g/mol. The van der Waals surface area contributed by atoms with Crippen LogP contribution in [0.3, 0.4) is 0 Å². The number of aromatic nitrogens is 1. The van der Waals surface area contributed by atoms with Gasteiger partial charge in [0.25, 0.3) is 0 Å². The molecule has 0 aliphatic carbocycles. The SMILES string of the molecule is Cc1ccnc(NC(=O)[C@H]2CCCN2S(C)(=O)=O)c1. The summed E-state index contributed by atoms with van der Waals surface area (Å²) in [5.41, 5.74) is 0.983. The van der Waals surface area contributed by atoms with Crippen molar-refractivity contribution in [3.63, 3.8) is 0 Å². The first-order chi connectivity index (χ1) is 8.88. The van der Waals surface area contributed by atoms with Crippen LogP contribution in [-0.2, 0) is 14.8 Å². The zero-order valence-corrected chi connectivity index (χ0v) is 11.8. The molecule has 2 heterocycles. The van der Waals surface area contributed by atoms with E-state index in [0.717, 1.165) is 11.8 Å². The molecule has 0 radical (unpaired) electrons. The highest BCUT2D eigenvalue weighted by molar-refractivity contribution is 7.88. The van der Waals surface area contributed by atoms with Crippen LogP contribution in [0.5, 0.6) is 0 Å². The summed E-state index contributed by atoms with van der Waals surface area (Å²) in [6, 6.07) is 2.95. The van der Waals surface area contributed by atoms with Gasteiger partial charge in [0.2, 0.25) is 15.9 Å². The van der Waals surface area contributed by atoms with E-state index in [4.69, 9.17) is 0 Å². The van der Waals surface area contributed by atoms with E-state index in [9.17, 15) is 13.2 Å². The summed E-state index contributed by atoms with van der Waals surface area (Å²) < 4.78 is 24.4. The summed E-state index contributed by atoms with van der Waals surface area (Å²) in [5.74, 6) is 0.131. The van der Waals surface area contributed by atoms with Gasteiger partial charge in [-0.05, 0) is 37.5 Å². The highest BCUT2D eigenvalue weighted by Crippen LogP contribution is 2.21. The summed E-state index contributed by atoms with van der Waals surface area (Å²) in [7, 11) is -3.35. The lowest BCUT2D eigenvalue weighted by molar-refractivity contribution is -0.119. The smallest absolute Gasteiger partial charge is 0.243 e. The number of sulfonamides is 1. The highest BCUT2D eigenvalue weighted by Gasteiger charge is 2.36. The first-order valence-corrected chi connectivity index (χ1v) is 7.93. The van der Waals surface area contributed by atoms with Gasteiger partial charge in [-0.1, -0.05) is 0 Å². The van der Waals surface area contributed by atoms with E-state index in [1.54, 1.807) is 12.3 Å². The molecule has 0 unspecified atom stereocenters. The molecule has 1 aromatic rings. The van der Waals surface area contributed by atoms with Crippen LogP contribution in [0, 0.1) is 6.92 Å². The summed E-state index contributed by atoms with van der Waals surface area (Å²) in [6.07, 6.45) is 3.98. The van der Waals surface area contributed by atoms with Gasteiger partial charge >= 0.3 is 0 Å². The van der Waals surface area contributed by atoms with Crippen LogP contribution >= 0.6 is 0 Å². The molecule has 0 bridgehead atoms.